The summed E-state index contributed by atoms with van der Waals surface area (Å²) in [5.41, 5.74) is 0.800. The molecule has 13 heavy (non-hydrogen) atoms. The first kappa shape index (κ1) is 8.12. The first-order chi connectivity index (χ1) is 6.16. The van der Waals surface area contributed by atoms with Crippen LogP contribution in [-0.2, 0) is 0 Å². The molecule has 0 bridgehead atoms. The van der Waals surface area contributed by atoms with E-state index in [2.05, 4.69) is 4.98 Å². The van der Waals surface area contributed by atoms with Gasteiger partial charge in [-0.1, -0.05) is 0 Å². The predicted octanol–water partition coefficient (Wildman–Crippen LogP) is 2.51. The maximum Gasteiger partial charge on any atom is 0.271 e. The van der Waals surface area contributed by atoms with Gasteiger partial charge in [-0.2, -0.15) is 0 Å². The molecule has 0 N–H and O–H groups in total. The lowest BCUT2D eigenvalue weighted by Gasteiger charge is -1.89. The van der Waals surface area contributed by atoms with Crippen molar-refractivity contribution in [3.63, 3.8) is 0 Å². The first-order valence-electron chi connectivity index (χ1n) is 3.68. The minimum Gasteiger partial charge on any atom is -0.258 e. The fourth-order valence-corrected chi connectivity index (χ4v) is 1.95. The number of nitro groups is 1. The molecule has 0 saturated heterocycles. The predicted molar refractivity (Wildman–Crippen MR) is 51.0 cm³/mol. The number of hydrogen-bond acceptors (Lipinski definition) is 4. The standard InChI is InChI=1S/C8H6N2O2S/c1-5-9-7-4-6(10(11)12)2-3-8(7)13-5/h2-4H,1H3. The second-order valence-corrected chi connectivity index (χ2v) is 3.88. The van der Waals surface area contributed by atoms with Gasteiger partial charge in [-0.3, -0.25) is 10.1 Å². The van der Waals surface area contributed by atoms with Crippen molar-refractivity contribution >= 4 is 27.2 Å². The van der Waals surface area contributed by atoms with Crippen molar-refractivity contribution < 1.29 is 4.92 Å². The lowest BCUT2D eigenvalue weighted by molar-refractivity contribution is -0.384. The molecule has 4 nitrogen and oxygen atoms in total. The second-order valence-electron chi connectivity index (χ2n) is 2.64. The van der Waals surface area contributed by atoms with E-state index < -0.39 is 4.92 Å². The Morgan fingerprint density at radius 1 is 1.54 bits per heavy atom. The number of nitrogens with zero attached hydrogens (tertiary/aromatic N) is 2. The van der Waals surface area contributed by atoms with E-state index in [0.29, 0.717) is 5.52 Å². The van der Waals surface area contributed by atoms with E-state index in [-0.39, 0.29) is 5.69 Å². The average molecular weight is 194 g/mol. The van der Waals surface area contributed by atoms with Crippen LogP contribution in [0.2, 0.25) is 0 Å². The van der Waals surface area contributed by atoms with Gasteiger partial charge in [0.2, 0.25) is 0 Å². The molecule has 0 radical (unpaired) electrons. The van der Waals surface area contributed by atoms with Gasteiger partial charge in [0.1, 0.15) is 0 Å². The van der Waals surface area contributed by atoms with Crippen LogP contribution < -0.4 is 0 Å². The summed E-state index contributed by atoms with van der Waals surface area (Å²) < 4.78 is 0.989. The van der Waals surface area contributed by atoms with Crippen molar-refractivity contribution in [2.24, 2.45) is 0 Å². The minimum atomic E-state index is -0.409. The summed E-state index contributed by atoms with van der Waals surface area (Å²) in [6, 6.07) is 4.73. The molecule has 0 fully saturated rings. The Balaban J connectivity index is 2.67. The van der Waals surface area contributed by atoms with Gasteiger partial charge in [-0.25, -0.2) is 4.98 Å². The summed E-state index contributed by atoms with van der Waals surface area (Å²) in [6.45, 7) is 1.89. The lowest BCUT2D eigenvalue weighted by atomic mass is 10.3. The lowest BCUT2D eigenvalue weighted by Crippen LogP contribution is -1.86. The van der Waals surface area contributed by atoms with Crippen LogP contribution >= 0.6 is 11.3 Å². The summed E-state index contributed by atoms with van der Waals surface area (Å²) in [7, 11) is 0. The fraction of sp³-hybridized carbons (Fsp3) is 0.125. The Morgan fingerprint density at radius 3 is 3.00 bits per heavy atom. The van der Waals surface area contributed by atoms with Crippen LogP contribution in [0.1, 0.15) is 5.01 Å². The zero-order valence-corrected chi connectivity index (χ0v) is 7.67. The molecule has 0 unspecified atom stereocenters. The summed E-state index contributed by atoms with van der Waals surface area (Å²) in [6.07, 6.45) is 0. The summed E-state index contributed by atoms with van der Waals surface area (Å²) in [5, 5.41) is 11.4. The molecule has 66 valence electrons. The number of non-ortho nitro benzene ring substituents is 1. The van der Waals surface area contributed by atoms with Gasteiger partial charge in [-0.05, 0) is 13.0 Å². The summed E-state index contributed by atoms with van der Waals surface area (Å²) >= 11 is 1.54. The van der Waals surface area contributed by atoms with Crippen LogP contribution in [0.3, 0.4) is 0 Å². The highest BCUT2D eigenvalue weighted by molar-refractivity contribution is 7.18. The van der Waals surface area contributed by atoms with Gasteiger partial charge in [0, 0.05) is 12.1 Å². The highest BCUT2D eigenvalue weighted by Crippen LogP contribution is 2.25. The van der Waals surface area contributed by atoms with E-state index in [1.165, 1.54) is 23.5 Å². The Hall–Kier alpha value is -1.49. The van der Waals surface area contributed by atoms with Gasteiger partial charge in [0.15, 0.2) is 0 Å². The Bertz CT molecular complexity index is 478. The number of aryl methyl sites for hydroxylation is 1. The number of fused-ring (bicyclic) bond motifs is 1. The number of nitro benzene ring substituents is 1. The zero-order valence-electron chi connectivity index (χ0n) is 6.85. The molecule has 0 spiro atoms. The smallest absolute Gasteiger partial charge is 0.258 e. The van der Waals surface area contributed by atoms with Gasteiger partial charge < -0.3 is 0 Å². The second kappa shape index (κ2) is 2.77. The van der Waals surface area contributed by atoms with Crippen LogP contribution in [0.25, 0.3) is 10.2 Å². The SMILES string of the molecule is Cc1nc2cc([N+](=O)[O-])ccc2s1. The maximum atomic E-state index is 10.4. The quantitative estimate of drug-likeness (QED) is 0.517. The molecule has 0 aliphatic carbocycles. The molecular formula is C8H6N2O2S. The van der Waals surface area contributed by atoms with Gasteiger partial charge in [0.25, 0.3) is 5.69 Å². The molecule has 1 aromatic heterocycles. The van der Waals surface area contributed by atoms with Crippen molar-refractivity contribution in [1.82, 2.24) is 4.98 Å². The van der Waals surface area contributed by atoms with Crippen molar-refractivity contribution in [3.05, 3.63) is 33.3 Å². The van der Waals surface area contributed by atoms with Crippen LogP contribution in [-0.4, -0.2) is 9.91 Å². The van der Waals surface area contributed by atoms with Gasteiger partial charge in [-0.15, -0.1) is 11.3 Å². The molecule has 0 aliphatic rings. The normalized spacial score (nSPS) is 10.5. The molecule has 0 amide bonds. The van der Waals surface area contributed by atoms with Crippen molar-refractivity contribution in [2.45, 2.75) is 6.92 Å². The molecule has 1 aromatic carbocycles. The monoisotopic (exact) mass is 194 g/mol. The number of thiazole rings is 1. The third-order valence-electron chi connectivity index (χ3n) is 1.69. The Labute approximate surface area is 78.0 Å². The molecular weight excluding hydrogens is 188 g/mol. The molecule has 0 atom stereocenters. The van der Waals surface area contributed by atoms with Crippen LogP contribution in [0, 0.1) is 17.0 Å². The molecule has 0 saturated carbocycles. The van der Waals surface area contributed by atoms with Crippen LogP contribution in [0.4, 0.5) is 5.69 Å². The fourth-order valence-electron chi connectivity index (χ4n) is 1.14. The number of hydrogen-bond donors (Lipinski definition) is 0. The summed E-state index contributed by atoms with van der Waals surface area (Å²) in [5.74, 6) is 0. The van der Waals surface area contributed by atoms with E-state index in [0.717, 1.165) is 9.71 Å². The van der Waals surface area contributed by atoms with E-state index in [9.17, 15) is 10.1 Å². The van der Waals surface area contributed by atoms with Crippen molar-refractivity contribution in [1.29, 1.82) is 0 Å². The van der Waals surface area contributed by atoms with Gasteiger partial charge in [0.05, 0.1) is 20.1 Å². The van der Waals surface area contributed by atoms with Crippen molar-refractivity contribution in [2.75, 3.05) is 0 Å². The van der Waals surface area contributed by atoms with E-state index >= 15 is 0 Å². The average Bonchev–Trinajstić information content (AvgIpc) is 2.42. The molecule has 1 heterocycles. The number of rotatable bonds is 1. The maximum absolute atomic E-state index is 10.4. The molecule has 2 aromatic rings. The third kappa shape index (κ3) is 1.38. The Morgan fingerprint density at radius 2 is 2.31 bits per heavy atom. The highest BCUT2D eigenvalue weighted by Gasteiger charge is 2.08. The number of benzene rings is 1. The molecule has 5 heteroatoms. The van der Waals surface area contributed by atoms with E-state index in [4.69, 9.17) is 0 Å². The topological polar surface area (TPSA) is 56.0 Å². The van der Waals surface area contributed by atoms with Crippen LogP contribution in [0.5, 0.6) is 0 Å². The van der Waals surface area contributed by atoms with Gasteiger partial charge >= 0.3 is 0 Å². The molecule has 2 rings (SSSR count). The molecule has 0 aliphatic heterocycles. The minimum absolute atomic E-state index is 0.0952. The third-order valence-corrected chi connectivity index (χ3v) is 2.64. The first-order valence-corrected chi connectivity index (χ1v) is 4.50. The van der Waals surface area contributed by atoms with E-state index in [1.807, 2.05) is 6.92 Å². The Kier molecular flexibility index (Phi) is 1.73. The largest absolute Gasteiger partial charge is 0.271 e. The van der Waals surface area contributed by atoms with Crippen LogP contribution in [0.15, 0.2) is 18.2 Å². The van der Waals surface area contributed by atoms with Crippen molar-refractivity contribution in [3.8, 4) is 0 Å². The summed E-state index contributed by atoms with van der Waals surface area (Å²) in [4.78, 5) is 14.2. The highest BCUT2D eigenvalue weighted by atomic mass is 32.1. The zero-order chi connectivity index (χ0) is 9.42. The van der Waals surface area contributed by atoms with E-state index in [1.54, 1.807) is 6.07 Å². The number of aromatic nitrogens is 1.